The van der Waals surface area contributed by atoms with E-state index in [2.05, 4.69) is 31.3 Å². The van der Waals surface area contributed by atoms with E-state index in [0.29, 0.717) is 13.0 Å². The van der Waals surface area contributed by atoms with Crippen LogP contribution in [-0.2, 0) is 14.3 Å². The summed E-state index contributed by atoms with van der Waals surface area (Å²) < 4.78 is 5.25. The zero-order chi connectivity index (χ0) is 26.4. The van der Waals surface area contributed by atoms with Gasteiger partial charge in [0.2, 0.25) is 5.91 Å². The third kappa shape index (κ3) is 28.9. The summed E-state index contributed by atoms with van der Waals surface area (Å²) in [6, 6.07) is 0. The molecule has 0 saturated heterocycles. The zero-order valence-electron chi connectivity index (χ0n) is 24.3. The van der Waals surface area contributed by atoms with Gasteiger partial charge in [0.1, 0.15) is 6.54 Å². The van der Waals surface area contributed by atoms with Gasteiger partial charge in [-0.05, 0) is 38.5 Å². The Labute approximate surface area is 224 Å². The highest BCUT2D eigenvalue weighted by molar-refractivity contribution is 5.81. The van der Waals surface area contributed by atoms with E-state index in [-0.39, 0.29) is 18.4 Å². The third-order valence-corrected chi connectivity index (χ3v) is 6.86. The number of ether oxygens (including phenoxy) is 1. The molecular formula is C32H61NO3. The molecule has 1 amide bonds. The molecule has 0 aliphatic heterocycles. The van der Waals surface area contributed by atoms with Crippen LogP contribution in [0.3, 0.4) is 0 Å². The van der Waals surface area contributed by atoms with E-state index >= 15 is 0 Å². The minimum Gasteiger partial charge on any atom is -0.464 e. The fraction of sp³-hybridized carbons (Fsp3) is 0.875. The van der Waals surface area contributed by atoms with E-state index in [4.69, 9.17) is 4.74 Å². The highest BCUT2D eigenvalue weighted by Gasteiger charge is 2.06. The molecule has 0 unspecified atom stereocenters. The first-order valence-corrected chi connectivity index (χ1v) is 15.8. The number of carbonyl (C=O) groups excluding carboxylic acids is 2. The molecule has 212 valence electrons. The Morgan fingerprint density at radius 3 is 1.47 bits per heavy atom. The van der Waals surface area contributed by atoms with Crippen LogP contribution in [0.5, 0.6) is 0 Å². The molecule has 0 aliphatic rings. The Morgan fingerprint density at radius 1 is 0.556 bits per heavy atom. The molecule has 4 nitrogen and oxygen atoms in total. The first-order chi connectivity index (χ1) is 17.7. The van der Waals surface area contributed by atoms with Gasteiger partial charge >= 0.3 is 5.97 Å². The summed E-state index contributed by atoms with van der Waals surface area (Å²) in [7, 11) is 0. The molecule has 4 heteroatoms. The monoisotopic (exact) mass is 507 g/mol. The molecule has 0 radical (unpaired) electrons. The van der Waals surface area contributed by atoms with Crippen molar-refractivity contribution < 1.29 is 14.3 Å². The van der Waals surface area contributed by atoms with E-state index in [1.165, 1.54) is 122 Å². The van der Waals surface area contributed by atoms with E-state index in [0.717, 1.165) is 25.7 Å². The Hall–Kier alpha value is -1.32. The molecule has 0 spiro atoms. The van der Waals surface area contributed by atoms with Crippen LogP contribution in [0.25, 0.3) is 0 Å². The van der Waals surface area contributed by atoms with Crippen LogP contribution in [0.1, 0.15) is 168 Å². The number of hydrogen-bond donors (Lipinski definition) is 1. The first kappa shape index (κ1) is 34.7. The lowest BCUT2D eigenvalue weighted by Gasteiger charge is -2.07. The molecule has 0 saturated carbocycles. The average Bonchev–Trinajstić information content (AvgIpc) is 2.88. The minimum absolute atomic E-state index is 0.00262. The lowest BCUT2D eigenvalue weighted by molar-refractivity contribution is -0.144. The van der Waals surface area contributed by atoms with Crippen molar-refractivity contribution in [3.05, 3.63) is 12.2 Å². The summed E-state index contributed by atoms with van der Waals surface area (Å²) in [5.41, 5.74) is 0. The Morgan fingerprint density at radius 2 is 0.972 bits per heavy atom. The van der Waals surface area contributed by atoms with Gasteiger partial charge in [-0.15, -0.1) is 0 Å². The van der Waals surface area contributed by atoms with Gasteiger partial charge < -0.3 is 10.1 Å². The van der Waals surface area contributed by atoms with Gasteiger partial charge in [0.25, 0.3) is 0 Å². The largest absolute Gasteiger partial charge is 0.464 e. The quantitative estimate of drug-likeness (QED) is 0.0651. The van der Waals surface area contributed by atoms with Crippen molar-refractivity contribution in [2.45, 2.75) is 168 Å². The van der Waals surface area contributed by atoms with Gasteiger partial charge in [-0.2, -0.15) is 0 Å². The number of hydrogen-bond acceptors (Lipinski definition) is 3. The maximum absolute atomic E-state index is 11.9. The number of unbranched alkanes of at least 4 members (excludes halogenated alkanes) is 20. The van der Waals surface area contributed by atoms with Crippen molar-refractivity contribution in [1.82, 2.24) is 5.32 Å². The van der Waals surface area contributed by atoms with Crippen LogP contribution in [-0.4, -0.2) is 25.0 Å². The Kier molecular flexibility index (Phi) is 28.8. The summed E-state index contributed by atoms with van der Waals surface area (Å²) >= 11 is 0. The lowest BCUT2D eigenvalue weighted by Crippen LogP contribution is -2.30. The molecule has 0 aromatic rings. The molecule has 0 aromatic carbocycles. The lowest BCUT2D eigenvalue weighted by atomic mass is 10.1. The van der Waals surface area contributed by atoms with E-state index < -0.39 is 0 Å². The predicted molar refractivity (Wildman–Crippen MR) is 155 cm³/mol. The molecule has 0 rings (SSSR count). The van der Waals surface area contributed by atoms with Crippen LogP contribution in [0.2, 0.25) is 0 Å². The fourth-order valence-corrected chi connectivity index (χ4v) is 4.44. The summed E-state index contributed by atoms with van der Waals surface area (Å²) in [6.07, 6.45) is 34.1. The number of allylic oxidation sites excluding steroid dienone is 2. The summed E-state index contributed by atoms with van der Waals surface area (Å²) in [6.45, 7) is 4.98. The van der Waals surface area contributed by atoms with Gasteiger partial charge in [0, 0.05) is 6.42 Å². The van der Waals surface area contributed by atoms with Gasteiger partial charge in [-0.25, -0.2) is 0 Å². The topological polar surface area (TPSA) is 55.4 Å². The molecule has 0 aromatic heterocycles. The zero-order valence-corrected chi connectivity index (χ0v) is 24.3. The summed E-state index contributed by atoms with van der Waals surface area (Å²) in [5, 5.41) is 2.70. The molecule has 0 fully saturated rings. The van der Waals surface area contributed by atoms with Crippen LogP contribution in [0.15, 0.2) is 12.2 Å². The summed E-state index contributed by atoms with van der Waals surface area (Å²) in [5.74, 6) is -0.352. The molecule has 1 N–H and O–H groups in total. The van der Waals surface area contributed by atoms with Gasteiger partial charge in [-0.3, -0.25) is 9.59 Å². The van der Waals surface area contributed by atoms with Crippen LogP contribution in [0.4, 0.5) is 0 Å². The normalized spacial score (nSPS) is 11.3. The van der Waals surface area contributed by atoms with Crippen LogP contribution < -0.4 is 5.32 Å². The van der Waals surface area contributed by atoms with Gasteiger partial charge in [0.05, 0.1) is 6.61 Å². The first-order valence-electron chi connectivity index (χ1n) is 15.8. The van der Waals surface area contributed by atoms with Crippen molar-refractivity contribution in [3.8, 4) is 0 Å². The van der Waals surface area contributed by atoms with Gasteiger partial charge in [0.15, 0.2) is 0 Å². The van der Waals surface area contributed by atoms with E-state index in [9.17, 15) is 9.59 Å². The summed E-state index contributed by atoms with van der Waals surface area (Å²) in [4.78, 5) is 23.7. The second-order valence-electron chi connectivity index (χ2n) is 10.5. The molecule has 0 bridgehead atoms. The van der Waals surface area contributed by atoms with Crippen molar-refractivity contribution in [2.75, 3.05) is 13.2 Å². The predicted octanol–water partition coefficient (Wildman–Crippen LogP) is 9.60. The smallest absolute Gasteiger partial charge is 0.325 e. The molecule has 0 heterocycles. The van der Waals surface area contributed by atoms with Crippen LogP contribution >= 0.6 is 0 Å². The molecule has 0 atom stereocenters. The SMILES string of the molecule is CCCCCCCC/C=C\CCCCCCCCOC(=O)CNC(=O)CCCCCCCCCCC. The average molecular weight is 508 g/mol. The minimum atomic E-state index is -0.317. The number of carbonyl (C=O) groups is 2. The standard InChI is InChI=1S/C32H61NO3/c1-3-5-7-9-11-13-14-15-16-17-18-19-21-23-25-27-29-36-32(35)30-33-31(34)28-26-24-22-20-12-10-8-6-4-2/h15-16H,3-14,17-30H2,1-2H3,(H,33,34)/b16-15-. The van der Waals surface area contributed by atoms with Crippen molar-refractivity contribution in [2.24, 2.45) is 0 Å². The van der Waals surface area contributed by atoms with Gasteiger partial charge in [-0.1, -0.05) is 135 Å². The fourth-order valence-electron chi connectivity index (χ4n) is 4.44. The van der Waals surface area contributed by atoms with Crippen molar-refractivity contribution in [1.29, 1.82) is 0 Å². The molecular weight excluding hydrogens is 446 g/mol. The highest BCUT2D eigenvalue weighted by Crippen LogP contribution is 2.11. The number of esters is 1. The maximum Gasteiger partial charge on any atom is 0.325 e. The molecule has 0 aliphatic carbocycles. The van der Waals surface area contributed by atoms with Crippen molar-refractivity contribution >= 4 is 11.9 Å². The number of nitrogens with one attached hydrogen (secondary N) is 1. The van der Waals surface area contributed by atoms with Crippen LogP contribution in [0, 0.1) is 0 Å². The molecule has 36 heavy (non-hydrogen) atoms. The number of amides is 1. The Bertz CT molecular complexity index is 504. The second-order valence-corrected chi connectivity index (χ2v) is 10.5. The maximum atomic E-state index is 11.9. The second kappa shape index (κ2) is 29.9. The number of rotatable bonds is 28. The Balaban J connectivity index is 3.31. The highest BCUT2D eigenvalue weighted by atomic mass is 16.5. The van der Waals surface area contributed by atoms with E-state index in [1.807, 2.05) is 0 Å². The third-order valence-electron chi connectivity index (χ3n) is 6.86. The van der Waals surface area contributed by atoms with Crippen molar-refractivity contribution in [3.63, 3.8) is 0 Å². The van der Waals surface area contributed by atoms with E-state index in [1.54, 1.807) is 0 Å².